The first-order chi connectivity index (χ1) is 12.1. The normalized spacial score (nSPS) is 11.0. The third-order valence-corrected chi connectivity index (χ3v) is 4.98. The van der Waals surface area contributed by atoms with Crippen molar-refractivity contribution in [2.45, 2.75) is 57.5 Å². The van der Waals surface area contributed by atoms with Crippen LogP contribution in [0.5, 0.6) is 0 Å². The quantitative estimate of drug-likeness (QED) is 0.510. The third kappa shape index (κ3) is 6.20. The van der Waals surface area contributed by atoms with Crippen LogP contribution in [0.3, 0.4) is 0 Å². The van der Waals surface area contributed by atoms with Crippen LogP contribution in [0.2, 0.25) is 0 Å². The van der Waals surface area contributed by atoms with E-state index >= 15 is 0 Å². The van der Waals surface area contributed by atoms with Gasteiger partial charge < -0.3 is 5.32 Å². The highest BCUT2D eigenvalue weighted by atomic mass is 32.2. The molecule has 0 radical (unpaired) electrons. The van der Waals surface area contributed by atoms with Gasteiger partial charge in [0, 0.05) is 12.2 Å². The second kappa shape index (κ2) is 10.2. The van der Waals surface area contributed by atoms with Gasteiger partial charge in [-0.2, -0.15) is 0 Å². The average Bonchev–Trinajstić information content (AvgIpc) is 3.08. The van der Waals surface area contributed by atoms with Crippen LogP contribution in [-0.4, -0.2) is 33.0 Å². The molecule has 0 bridgehead atoms. The van der Waals surface area contributed by atoms with Crippen LogP contribution in [-0.2, 0) is 4.79 Å². The van der Waals surface area contributed by atoms with Gasteiger partial charge in [0.2, 0.25) is 5.91 Å². The number of hydrogen-bond acceptors (Lipinski definition) is 4. The Morgan fingerprint density at radius 1 is 1.20 bits per heavy atom. The van der Waals surface area contributed by atoms with E-state index in [1.165, 1.54) is 36.6 Å². The second-order valence-electron chi connectivity index (χ2n) is 6.43. The lowest BCUT2D eigenvalue weighted by atomic mass is 10.0. The minimum Gasteiger partial charge on any atom is -0.355 e. The van der Waals surface area contributed by atoms with Crippen molar-refractivity contribution >= 4 is 17.7 Å². The maximum Gasteiger partial charge on any atom is 0.230 e. The first kappa shape index (κ1) is 19.5. The lowest BCUT2D eigenvalue weighted by Gasteiger charge is -2.09. The zero-order chi connectivity index (χ0) is 18.1. The lowest BCUT2D eigenvalue weighted by molar-refractivity contribution is -0.118. The summed E-state index contributed by atoms with van der Waals surface area (Å²) in [7, 11) is 0. The smallest absolute Gasteiger partial charge is 0.230 e. The average molecular weight is 361 g/mol. The van der Waals surface area contributed by atoms with E-state index in [1.54, 1.807) is 6.33 Å². The van der Waals surface area contributed by atoms with Crippen molar-refractivity contribution in [3.63, 3.8) is 0 Å². The van der Waals surface area contributed by atoms with Crippen LogP contribution in [0.15, 0.2) is 35.7 Å². The van der Waals surface area contributed by atoms with Crippen molar-refractivity contribution in [3.05, 3.63) is 36.2 Å². The topological polar surface area (TPSA) is 59.8 Å². The van der Waals surface area contributed by atoms with E-state index < -0.39 is 0 Å². The lowest BCUT2D eigenvalue weighted by Crippen LogP contribution is -2.26. The molecule has 2 aromatic rings. The van der Waals surface area contributed by atoms with Gasteiger partial charge in [0.25, 0.3) is 0 Å². The number of hydrogen-bond donors (Lipinski definition) is 1. The van der Waals surface area contributed by atoms with Crippen molar-refractivity contribution < 1.29 is 4.79 Å². The largest absolute Gasteiger partial charge is 0.355 e. The Morgan fingerprint density at radius 2 is 1.96 bits per heavy atom. The van der Waals surface area contributed by atoms with E-state index in [9.17, 15) is 4.79 Å². The summed E-state index contributed by atoms with van der Waals surface area (Å²) in [6.45, 7) is 7.29. The van der Waals surface area contributed by atoms with E-state index in [0.29, 0.717) is 11.7 Å². The summed E-state index contributed by atoms with van der Waals surface area (Å²) < 4.78 is 1.92. The summed E-state index contributed by atoms with van der Waals surface area (Å²) in [5, 5.41) is 11.8. The number of aromatic nitrogens is 3. The molecule has 0 unspecified atom stereocenters. The summed E-state index contributed by atoms with van der Waals surface area (Å²) in [4.78, 5) is 11.9. The number of rotatable bonds is 10. The molecule has 25 heavy (non-hydrogen) atoms. The molecule has 6 heteroatoms. The van der Waals surface area contributed by atoms with Gasteiger partial charge >= 0.3 is 0 Å². The zero-order valence-electron chi connectivity index (χ0n) is 15.4. The van der Waals surface area contributed by atoms with Gasteiger partial charge in [-0.3, -0.25) is 9.36 Å². The number of unbranched alkanes of at least 4 members (excludes halogenated alkanes) is 3. The van der Waals surface area contributed by atoms with Gasteiger partial charge in [-0.15, -0.1) is 10.2 Å². The molecule has 0 saturated heterocycles. The fourth-order valence-electron chi connectivity index (χ4n) is 2.48. The van der Waals surface area contributed by atoms with Gasteiger partial charge in [0.05, 0.1) is 5.75 Å². The Morgan fingerprint density at radius 3 is 2.64 bits per heavy atom. The van der Waals surface area contributed by atoms with Gasteiger partial charge in [0.15, 0.2) is 5.16 Å². The predicted octanol–water partition coefficient (Wildman–Crippen LogP) is 4.18. The molecule has 0 spiro atoms. The van der Waals surface area contributed by atoms with Crippen LogP contribution in [0.1, 0.15) is 57.9 Å². The zero-order valence-corrected chi connectivity index (χ0v) is 16.2. The molecular formula is C19H28N4OS. The number of amides is 1. The first-order valence-electron chi connectivity index (χ1n) is 9.01. The minimum absolute atomic E-state index is 0.0474. The predicted molar refractivity (Wildman–Crippen MR) is 103 cm³/mol. The van der Waals surface area contributed by atoms with Crippen LogP contribution in [0, 0.1) is 0 Å². The third-order valence-electron chi connectivity index (χ3n) is 4.04. The fraction of sp³-hybridized carbons (Fsp3) is 0.526. The minimum atomic E-state index is 0.0474. The van der Waals surface area contributed by atoms with Gasteiger partial charge in [0.1, 0.15) is 6.33 Å². The Balaban J connectivity index is 1.86. The summed E-state index contributed by atoms with van der Waals surface area (Å²) in [5.41, 5.74) is 2.31. The van der Waals surface area contributed by atoms with Crippen LogP contribution < -0.4 is 5.32 Å². The molecule has 0 aliphatic carbocycles. The molecule has 0 saturated carbocycles. The maximum atomic E-state index is 11.9. The Labute approximate surface area is 154 Å². The van der Waals surface area contributed by atoms with Crippen LogP contribution in [0.4, 0.5) is 0 Å². The molecule has 0 fully saturated rings. The van der Waals surface area contributed by atoms with E-state index in [-0.39, 0.29) is 5.91 Å². The molecule has 1 heterocycles. The van der Waals surface area contributed by atoms with Crippen molar-refractivity contribution in [2.75, 3.05) is 12.3 Å². The highest BCUT2D eigenvalue weighted by Gasteiger charge is 2.10. The number of benzene rings is 1. The molecule has 1 aromatic heterocycles. The highest BCUT2D eigenvalue weighted by molar-refractivity contribution is 7.99. The number of carbonyl (C=O) groups excluding carboxylic acids is 1. The monoisotopic (exact) mass is 360 g/mol. The number of thioether (sulfide) groups is 1. The van der Waals surface area contributed by atoms with E-state index in [1.807, 2.05) is 4.57 Å². The van der Waals surface area contributed by atoms with Gasteiger partial charge in [-0.25, -0.2) is 0 Å². The summed E-state index contributed by atoms with van der Waals surface area (Å²) in [6.07, 6.45) is 6.34. The number of nitrogens with one attached hydrogen (secondary N) is 1. The molecule has 1 aromatic carbocycles. The Kier molecular flexibility index (Phi) is 7.98. The van der Waals surface area contributed by atoms with Crippen LogP contribution >= 0.6 is 11.8 Å². The molecular weight excluding hydrogens is 332 g/mol. The Hall–Kier alpha value is -1.82. The van der Waals surface area contributed by atoms with Gasteiger partial charge in [-0.1, -0.05) is 63.9 Å². The molecule has 1 amide bonds. The highest BCUT2D eigenvalue weighted by Crippen LogP contribution is 2.21. The van der Waals surface area contributed by atoms with Gasteiger partial charge in [-0.05, 0) is 30.0 Å². The fourth-order valence-corrected chi connectivity index (χ4v) is 3.24. The maximum absolute atomic E-state index is 11.9. The van der Waals surface area contributed by atoms with Crippen molar-refractivity contribution in [2.24, 2.45) is 0 Å². The second-order valence-corrected chi connectivity index (χ2v) is 7.37. The SMILES string of the molecule is CCCCCCNC(=O)CSc1nncn1-c1ccc(C(C)C)cc1. The molecule has 0 atom stereocenters. The van der Waals surface area contributed by atoms with E-state index in [2.05, 4.69) is 60.6 Å². The van der Waals surface area contributed by atoms with Crippen LogP contribution in [0.25, 0.3) is 5.69 Å². The standard InChI is InChI=1S/C19H28N4OS/c1-4-5-6-7-12-20-18(24)13-25-19-22-21-14-23(19)17-10-8-16(9-11-17)15(2)3/h8-11,14-15H,4-7,12-13H2,1-3H3,(H,20,24). The van der Waals surface area contributed by atoms with Crippen molar-refractivity contribution in [3.8, 4) is 5.69 Å². The molecule has 136 valence electrons. The van der Waals surface area contributed by atoms with Crippen molar-refractivity contribution in [1.82, 2.24) is 20.1 Å². The summed E-state index contributed by atoms with van der Waals surface area (Å²) in [5.74, 6) is 0.910. The molecule has 0 aliphatic rings. The molecule has 1 N–H and O–H groups in total. The number of carbonyl (C=O) groups is 1. The van der Waals surface area contributed by atoms with Crippen molar-refractivity contribution in [1.29, 1.82) is 0 Å². The number of nitrogens with zero attached hydrogens (tertiary/aromatic N) is 3. The summed E-state index contributed by atoms with van der Waals surface area (Å²) in [6, 6.07) is 8.38. The summed E-state index contributed by atoms with van der Waals surface area (Å²) >= 11 is 1.41. The van der Waals surface area contributed by atoms with E-state index in [0.717, 1.165) is 23.8 Å². The molecule has 0 aliphatic heterocycles. The first-order valence-corrected chi connectivity index (χ1v) is 10.00. The molecule has 2 rings (SSSR count). The Bertz CT molecular complexity index is 652. The van der Waals surface area contributed by atoms with E-state index in [4.69, 9.17) is 0 Å². The molecule has 5 nitrogen and oxygen atoms in total.